The molecule has 416 valence electrons. The average molecular weight is 1030 g/mol. The zero-order chi connectivity index (χ0) is 52.7. The van der Waals surface area contributed by atoms with Crippen LogP contribution in [0.3, 0.4) is 0 Å². The lowest BCUT2D eigenvalue weighted by Gasteiger charge is -2.29. The molecular formula is C63H113N2O6P. The van der Waals surface area contributed by atoms with Crippen molar-refractivity contribution in [2.45, 2.75) is 257 Å². The summed E-state index contributed by atoms with van der Waals surface area (Å²) in [6, 6.07) is -0.915. The van der Waals surface area contributed by atoms with Crippen LogP contribution in [0.2, 0.25) is 0 Å². The number of hydrogen-bond donors (Lipinski definition) is 2. The minimum absolute atomic E-state index is 0.0123. The number of aliphatic hydroxyl groups is 1. The minimum Gasteiger partial charge on any atom is -0.756 e. The number of unbranched alkanes of at least 4 members (excludes halogenated alkanes) is 26. The first-order valence-corrected chi connectivity index (χ1v) is 31.1. The number of hydrogen-bond acceptors (Lipinski definition) is 6. The molecule has 0 bridgehead atoms. The molecule has 0 rings (SSSR count). The van der Waals surface area contributed by atoms with Crippen molar-refractivity contribution in [3.05, 3.63) is 97.2 Å². The summed E-state index contributed by atoms with van der Waals surface area (Å²) in [5, 5.41) is 13.9. The smallest absolute Gasteiger partial charge is 0.268 e. The van der Waals surface area contributed by atoms with Crippen molar-refractivity contribution < 1.29 is 32.9 Å². The van der Waals surface area contributed by atoms with Crippen LogP contribution in [0.1, 0.15) is 245 Å². The Morgan fingerprint density at radius 1 is 0.500 bits per heavy atom. The fourth-order valence-corrected chi connectivity index (χ4v) is 8.88. The van der Waals surface area contributed by atoms with E-state index in [1.54, 1.807) is 6.08 Å². The number of phosphoric acid groups is 1. The van der Waals surface area contributed by atoms with E-state index in [1.807, 2.05) is 27.2 Å². The fourth-order valence-electron chi connectivity index (χ4n) is 8.15. The number of aliphatic hydroxyl groups excluding tert-OH is 1. The second kappa shape index (κ2) is 53.3. The van der Waals surface area contributed by atoms with Gasteiger partial charge in [-0.25, -0.2) is 0 Å². The highest BCUT2D eigenvalue weighted by Crippen LogP contribution is 2.38. The van der Waals surface area contributed by atoms with Gasteiger partial charge in [-0.3, -0.25) is 9.36 Å². The highest BCUT2D eigenvalue weighted by molar-refractivity contribution is 7.45. The second-order valence-corrected chi connectivity index (χ2v) is 22.4. The standard InChI is InChI=1S/C63H113N2O6P/c1-6-8-10-12-14-16-18-20-22-24-26-27-28-29-30-31-32-33-34-35-36-37-39-41-43-45-47-49-51-53-55-57-63(67)64-61(60-71-72(68,69)70-59-58-65(3,4)5)62(66)56-54-52-50-48-46-44-42-40-38-25-23-21-19-17-15-13-11-9-7-2/h8,10,14,16,20,22,26-27,29-30,38,40,46,48,54,56,61-62,66H,6-7,9,11-13,15,17-19,21,23-25,28,31-37,39,41-45,47,49-53,55,57-60H2,1-5H3,(H-,64,67,68,69)/b10-8-,16-14-,22-20-,27-26-,30-29-,40-38+,48-46+,56-54+. The molecular weight excluding hydrogens is 912 g/mol. The van der Waals surface area contributed by atoms with E-state index in [9.17, 15) is 19.4 Å². The maximum absolute atomic E-state index is 13.0. The van der Waals surface area contributed by atoms with E-state index in [0.717, 1.165) is 77.0 Å². The Hall–Kier alpha value is -2.58. The van der Waals surface area contributed by atoms with Crippen LogP contribution in [0.5, 0.6) is 0 Å². The van der Waals surface area contributed by atoms with E-state index in [2.05, 4.69) is 104 Å². The number of quaternary nitrogens is 1. The van der Waals surface area contributed by atoms with Gasteiger partial charge in [-0.05, 0) is 89.9 Å². The number of rotatable bonds is 53. The molecule has 3 unspecified atom stereocenters. The van der Waals surface area contributed by atoms with Crippen molar-refractivity contribution >= 4 is 13.7 Å². The zero-order valence-electron chi connectivity index (χ0n) is 47.4. The quantitative estimate of drug-likeness (QED) is 0.0272. The highest BCUT2D eigenvalue weighted by Gasteiger charge is 2.23. The van der Waals surface area contributed by atoms with Gasteiger partial charge in [-0.1, -0.05) is 246 Å². The van der Waals surface area contributed by atoms with Gasteiger partial charge < -0.3 is 28.8 Å². The topological polar surface area (TPSA) is 108 Å². The summed E-state index contributed by atoms with van der Waals surface area (Å²) in [6.07, 6.45) is 76.3. The van der Waals surface area contributed by atoms with Gasteiger partial charge in [0.25, 0.3) is 7.82 Å². The van der Waals surface area contributed by atoms with E-state index in [0.29, 0.717) is 17.4 Å². The molecule has 0 saturated heterocycles. The summed E-state index contributed by atoms with van der Waals surface area (Å²) in [7, 11) is 1.23. The van der Waals surface area contributed by atoms with E-state index in [4.69, 9.17) is 9.05 Å². The predicted molar refractivity (Wildman–Crippen MR) is 311 cm³/mol. The first-order chi connectivity index (χ1) is 35.0. The SMILES string of the molecule is CC/C=C\C/C=C\C/C=C\C/C=C\C/C=C\CCCCCCCCCCCCCCCCCC(=O)NC(COP(=O)([O-])OCC[N+](C)(C)C)C(O)/C=C/CC/C=C/CC/C=C/CCCCCCCCCCC. The Kier molecular flexibility index (Phi) is 51.3. The van der Waals surface area contributed by atoms with Gasteiger partial charge in [-0.2, -0.15) is 0 Å². The highest BCUT2D eigenvalue weighted by atomic mass is 31.2. The number of amides is 1. The molecule has 1 amide bonds. The third-order valence-corrected chi connectivity index (χ3v) is 13.7. The van der Waals surface area contributed by atoms with Crippen LogP contribution in [0.25, 0.3) is 0 Å². The Labute approximate surface area is 445 Å². The van der Waals surface area contributed by atoms with Crippen molar-refractivity contribution in [1.29, 1.82) is 0 Å². The van der Waals surface area contributed by atoms with Gasteiger partial charge in [0.05, 0.1) is 39.9 Å². The summed E-state index contributed by atoms with van der Waals surface area (Å²) >= 11 is 0. The number of phosphoric ester groups is 1. The normalized spacial score (nSPS) is 14.6. The van der Waals surface area contributed by atoms with Crippen molar-refractivity contribution in [3.63, 3.8) is 0 Å². The first kappa shape index (κ1) is 69.4. The van der Waals surface area contributed by atoms with Gasteiger partial charge in [0.15, 0.2) is 0 Å². The lowest BCUT2D eigenvalue weighted by molar-refractivity contribution is -0.870. The molecule has 8 nitrogen and oxygen atoms in total. The van der Waals surface area contributed by atoms with Crippen molar-refractivity contribution in [2.75, 3.05) is 40.9 Å². The largest absolute Gasteiger partial charge is 0.756 e. The Bertz CT molecular complexity index is 1490. The van der Waals surface area contributed by atoms with Crippen LogP contribution in [-0.2, 0) is 18.4 Å². The lowest BCUT2D eigenvalue weighted by Crippen LogP contribution is -2.45. The number of nitrogens with zero attached hydrogens (tertiary/aromatic N) is 1. The molecule has 2 N–H and O–H groups in total. The van der Waals surface area contributed by atoms with Crippen molar-refractivity contribution in [2.24, 2.45) is 0 Å². The molecule has 0 fully saturated rings. The van der Waals surface area contributed by atoms with E-state index < -0.39 is 26.6 Å². The molecule has 3 atom stereocenters. The molecule has 0 saturated carbocycles. The minimum atomic E-state index is -4.61. The summed E-state index contributed by atoms with van der Waals surface area (Å²) in [5.41, 5.74) is 0. The molecule has 0 aliphatic carbocycles. The number of carbonyl (C=O) groups is 1. The molecule has 0 aromatic rings. The third-order valence-electron chi connectivity index (χ3n) is 12.8. The van der Waals surface area contributed by atoms with Crippen molar-refractivity contribution in [1.82, 2.24) is 5.32 Å². The fraction of sp³-hybridized carbons (Fsp3) is 0.730. The van der Waals surface area contributed by atoms with E-state index in [1.165, 1.54) is 148 Å². The molecule has 0 heterocycles. The van der Waals surface area contributed by atoms with Crippen molar-refractivity contribution in [3.8, 4) is 0 Å². The number of likely N-dealkylation sites (N-methyl/N-ethyl adjacent to an activating group) is 1. The van der Waals surface area contributed by atoms with Gasteiger partial charge in [0.1, 0.15) is 13.2 Å². The summed E-state index contributed by atoms with van der Waals surface area (Å²) in [5.74, 6) is -0.214. The van der Waals surface area contributed by atoms with Crippen LogP contribution in [0.15, 0.2) is 97.2 Å². The van der Waals surface area contributed by atoms with Crippen LogP contribution in [0.4, 0.5) is 0 Å². The number of allylic oxidation sites excluding steroid dienone is 15. The van der Waals surface area contributed by atoms with Gasteiger partial charge in [0.2, 0.25) is 5.91 Å². The summed E-state index contributed by atoms with van der Waals surface area (Å²) < 4.78 is 23.3. The summed E-state index contributed by atoms with van der Waals surface area (Å²) in [4.78, 5) is 25.5. The number of nitrogens with one attached hydrogen (secondary N) is 1. The molecule has 9 heteroatoms. The monoisotopic (exact) mass is 1020 g/mol. The van der Waals surface area contributed by atoms with Crippen LogP contribution in [0, 0.1) is 0 Å². The molecule has 0 spiro atoms. The van der Waals surface area contributed by atoms with Crippen LogP contribution in [-0.4, -0.2) is 68.5 Å². The average Bonchev–Trinajstić information content (AvgIpc) is 3.34. The molecule has 0 aromatic heterocycles. The summed E-state index contributed by atoms with van der Waals surface area (Å²) in [6.45, 7) is 4.51. The van der Waals surface area contributed by atoms with Gasteiger partial charge in [-0.15, -0.1) is 0 Å². The third kappa shape index (κ3) is 55.2. The first-order valence-electron chi connectivity index (χ1n) is 29.6. The van der Waals surface area contributed by atoms with Crippen LogP contribution >= 0.6 is 7.82 Å². The Morgan fingerprint density at radius 2 is 0.861 bits per heavy atom. The van der Waals surface area contributed by atoms with Gasteiger partial charge in [0, 0.05) is 6.42 Å². The Balaban J connectivity index is 4.20. The van der Waals surface area contributed by atoms with Gasteiger partial charge >= 0.3 is 0 Å². The lowest BCUT2D eigenvalue weighted by atomic mass is 10.0. The van der Waals surface area contributed by atoms with E-state index in [-0.39, 0.29) is 12.5 Å². The predicted octanol–water partition coefficient (Wildman–Crippen LogP) is 17.6. The van der Waals surface area contributed by atoms with Crippen LogP contribution < -0.4 is 10.2 Å². The molecule has 0 radical (unpaired) electrons. The molecule has 0 aliphatic rings. The van der Waals surface area contributed by atoms with E-state index >= 15 is 0 Å². The maximum Gasteiger partial charge on any atom is 0.268 e. The molecule has 0 aliphatic heterocycles. The maximum atomic E-state index is 13.0. The molecule has 72 heavy (non-hydrogen) atoms. The number of carbonyl (C=O) groups excluding carboxylic acids is 1. The second-order valence-electron chi connectivity index (χ2n) is 20.9. The zero-order valence-corrected chi connectivity index (χ0v) is 48.2. The Morgan fingerprint density at radius 3 is 1.29 bits per heavy atom. The molecule has 0 aromatic carbocycles.